The molecule has 1 aromatic heterocycles. The Kier molecular flexibility index (Phi) is 5.75. The van der Waals surface area contributed by atoms with Crippen LogP contribution in [0.1, 0.15) is 70.9 Å². The first-order valence-corrected chi connectivity index (χ1v) is 9.89. The van der Waals surface area contributed by atoms with Crippen LogP contribution < -0.4 is 0 Å². The van der Waals surface area contributed by atoms with Gasteiger partial charge in [0.25, 0.3) is 0 Å². The van der Waals surface area contributed by atoms with Crippen molar-refractivity contribution in [3.8, 4) is 0 Å². The predicted octanol–water partition coefficient (Wildman–Crippen LogP) is 3.87. The number of aryl methyl sites for hydroxylation is 1. The lowest BCUT2D eigenvalue weighted by Crippen LogP contribution is -2.44. The summed E-state index contributed by atoms with van der Waals surface area (Å²) in [5.41, 5.74) is 1.34. The number of rotatable bonds is 5. The Morgan fingerprint density at radius 2 is 1.79 bits per heavy atom. The number of nitrogens with zero attached hydrogens (tertiary/aromatic N) is 3. The zero-order chi connectivity index (χ0) is 17.1. The van der Waals surface area contributed by atoms with Crippen LogP contribution in [0.2, 0.25) is 0 Å². The molecule has 24 heavy (non-hydrogen) atoms. The second kappa shape index (κ2) is 7.81. The van der Waals surface area contributed by atoms with Crippen molar-refractivity contribution in [1.82, 2.24) is 14.7 Å². The average molecular weight is 332 g/mol. The number of piperidine rings is 1. The van der Waals surface area contributed by atoms with Crippen LogP contribution in [-0.2, 0) is 11.2 Å². The molecule has 0 unspecified atom stereocenters. The van der Waals surface area contributed by atoms with Crippen LogP contribution in [-0.4, -0.2) is 39.6 Å². The summed E-state index contributed by atoms with van der Waals surface area (Å²) in [5, 5.41) is 4.55. The third-order valence-corrected chi connectivity index (χ3v) is 6.12. The predicted molar refractivity (Wildman–Crippen MR) is 97.0 cm³/mol. The third-order valence-electron chi connectivity index (χ3n) is 6.12. The summed E-state index contributed by atoms with van der Waals surface area (Å²) in [7, 11) is 0. The van der Waals surface area contributed by atoms with Gasteiger partial charge < -0.3 is 4.90 Å². The van der Waals surface area contributed by atoms with Crippen LogP contribution in [0.15, 0.2) is 12.4 Å². The van der Waals surface area contributed by atoms with Gasteiger partial charge in [0.15, 0.2) is 0 Å². The second-order valence-electron chi connectivity index (χ2n) is 8.01. The van der Waals surface area contributed by atoms with Crippen molar-refractivity contribution in [3.05, 3.63) is 18.0 Å². The molecule has 0 amide bonds. The van der Waals surface area contributed by atoms with Gasteiger partial charge in [-0.3, -0.25) is 9.48 Å². The van der Waals surface area contributed by atoms with Gasteiger partial charge in [-0.2, -0.15) is 5.10 Å². The first kappa shape index (κ1) is 17.7. The van der Waals surface area contributed by atoms with Gasteiger partial charge in [-0.25, -0.2) is 0 Å². The molecule has 0 atom stereocenters. The molecule has 3 rings (SSSR count). The maximum absolute atomic E-state index is 12.2. The number of ketones is 1. The van der Waals surface area contributed by atoms with Gasteiger partial charge in [0.05, 0.1) is 12.2 Å². The molecule has 1 saturated heterocycles. The second-order valence-corrected chi connectivity index (χ2v) is 8.01. The van der Waals surface area contributed by atoms with Crippen molar-refractivity contribution in [2.45, 2.75) is 77.8 Å². The monoisotopic (exact) mass is 331 g/mol. The van der Waals surface area contributed by atoms with E-state index in [9.17, 15) is 4.79 Å². The summed E-state index contributed by atoms with van der Waals surface area (Å²) in [6.45, 7) is 8.63. The van der Waals surface area contributed by atoms with Gasteiger partial charge in [0, 0.05) is 37.2 Å². The minimum atomic E-state index is 0.198. The highest BCUT2D eigenvalue weighted by Gasteiger charge is 2.32. The van der Waals surface area contributed by atoms with Crippen LogP contribution in [0.3, 0.4) is 0 Å². The zero-order valence-electron chi connectivity index (χ0n) is 15.6. The van der Waals surface area contributed by atoms with Crippen LogP contribution in [0.4, 0.5) is 0 Å². The number of aromatic nitrogens is 2. The molecule has 0 spiro atoms. The van der Waals surface area contributed by atoms with Gasteiger partial charge in [0.1, 0.15) is 5.78 Å². The molecule has 0 radical (unpaired) electrons. The van der Waals surface area contributed by atoms with E-state index in [1.165, 1.54) is 44.3 Å². The van der Waals surface area contributed by atoms with Crippen molar-refractivity contribution >= 4 is 5.78 Å². The molecule has 2 aliphatic rings. The van der Waals surface area contributed by atoms with Crippen LogP contribution in [0.5, 0.6) is 0 Å². The number of carbonyl (C=O) groups excluding carboxylic acids is 1. The van der Waals surface area contributed by atoms with E-state index in [-0.39, 0.29) is 5.92 Å². The minimum Gasteiger partial charge on any atom is -0.300 e. The van der Waals surface area contributed by atoms with E-state index in [2.05, 4.69) is 27.8 Å². The molecule has 1 saturated carbocycles. The van der Waals surface area contributed by atoms with Crippen molar-refractivity contribution in [2.24, 2.45) is 11.8 Å². The van der Waals surface area contributed by atoms with Crippen molar-refractivity contribution < 1.29 is 4.79 Å². The van der Waals surface area contributed by atoms with Crippen LogP contribution >= 0.6 is 0 Å². The number of likely N-dealkylation sites (tertiary alicyclic amines) is 1. The highest BCUT2D eigenvalue weighted by Crippen LogP contribution is 2.32. The van der Waals surface area contributed by atoms with Gasteiger partial charge >= 0.3 is 0 Å². The van der Waals surface area contributed by atoms with E-state index in [0.29, 0.717) is 23.8 Å². The Bertz CT molecular complexity index is 535. The zero-order valence-corrected chi connectivity index (χ0v) is 15.6. The highest BCUT2D eigenvalue weighted by atomic mass is 16.1. The summed E-state index contributed by atoms with van der Waals surface area (Å²) >= 11 is 0. The fourth-order valence-corrected chi connectivity index (χ4v) is 4.47. The third kappa shape index (κ3) is 3.90. The molecule has 1 aliphatic heterocycles. The van der Waals surface area contributed by atoms with E-state index in [1.54, 1.807) is 0 Å². The first-order valence-electron chi connectivity index (χ1n) is 9.89. The summed E-state index contributed by atoms with van der Waals surface area (Å²) in [6, 6.07) is 1.27. The fourth-order valence-electron chi connectivity index (χ4n) is 4.47. The van der Waals surface area contributed by atoms with Crippen molar-refractivity contribution in [1.29, 1.82) is 0 Å². The van der Waals surface area contributed by atoms with E-state index < -0.39 is 0 Å². The number of hydrogen-bond donors (Lipinski definition) is 0. The molecule has 4 nitrogen and oxygen atoms in total. The molecule has 4 heteroatoms. The molecule has 0 aromatic carbocycles. The molecule has 0 N–H and O–H groups in total. The summed E-state index contributed by atoms with van der Waals surface area (Å²) in [5.74, 6) is 1.01. The number of Topliss-reactive ketones (excluding diaryl/α,β-unsaturated/α-hetero) is 1. The lowest BCUT2D eigenvalue weighted by molar-refractivity contribution is -0.127. The van der Waals surface area contributed by atoms with Crippen LogP contribution in [0, 0.1) is 11.8 Å². The first-order chi connectivity index (χ1) is 11.6. The van der Waals surface area contributed by atoms with Crippen molar-refractivity contribution in [3.63, 3.8) is 0 Å². The summed E-state index contributed by atoms with van der Waals surface area (Å²) in [6.07, 6.45) is 12.3. The Morgan fingerprint density at radius 1 is 1.12 bits per heavy atom. The maximum atomic E-state index is 12.2. The molecule has 1 aliphatic carbocycles. The largest absolute Gasteiger partial charge is 0.300 e. The maximum Gasteiger partial charge on any atom is 0.138 e. The molecule has 0 bridgehead atoms. The Morgan fingerprint density at radius 3 is 2.33 bits per heavy atom. The van der Waals surface area contributed by atoms with Gasteiger partial charge in [-0.05, 0) is 50.5 Å². The SMILES string of the molecule is CCc1cnn(C2CCN([C@H]3CC[C@@H](C(=O)C(C)C)CC3)CC2)c1. The van der Waals surface area contributed by atoms with Gasteiger partial charge in [0.2, 0.25) is 0 Å². The van der Waals surface area contributed by atoms with Gasteiger partial charge in [-0.15, -0.1) is 0 Å². The van der Waals surface area contributed by atoms with Gasteiger partial charge in [-0.1, -0.05) is 20.8 Å². The van der Waals surface area contributed by atoms with E-state index in [0.717, 1.165) is 19.3 Å². The minimum absolute atomic E-state index is 0.198. The lowest BCUT2D eigenvalue weighted by Gasteiger charge is -2.40. The summed E-state index contributed by atoms with van der Waals surface area (Å²) < 4.78 is 2.19. The molecule has 1 aromatic rings. The topological polar surface area (TPSA) is 38.1 Å². The standard InChI is InChI=1S/C20H33N3O/c1-4-16-13-21-23(14-16)19-9-11-22(12-10-19)18-7-5-17(6-8-18)20(24)15(2)3/h13-15,17-19H,4-12H2,1-3H3/t17-,18+. The fraction of sp³-hybridized carbons (Fsp3) is 0.800. The molecular weight excluding hydrogens is 298 g/mol. The van der Waals surface area contributed by atoms with E-state index in [1.807, 2.05) is 20.0 Å². The molecular formula is C20H33N3O. The number of hydrogen-bond acceptors (Lipinski definition) is 3. The summed E-state index contributed by atoms with van der Waals surface area (Å²) in [4.78, 5) is 14.9. The highest BCUT2D eigenvalue weighted by molar-refractivity contribution is 5.82. The normalized spacial score (nSPS) is 26.8. The molecule has 2 heterocycles. The Labute approximate surface area is 146 Å². The molecule has 134 valence electrons. The van der Waals surface area contributed by atoms with E-state index >= 15 is 0 Å². The lowest BCUT2D eigenvalue weighted by atomic mass is 9.79. The smallest absolute Gasteiger partial charge is 0.138 e. The van der Waals surface area contributed by atoms with E-state index in [4.69, 9.17) is 0 Å². The average Bonchev–Trinajstić information content (AvgIpc) is 3.10. The van der Waals surface area contributed by atoms with Crippen molar-refractivity contribution in [2.75, 3.05) is 13.1 Å². The van der Waals surface area contributed by atoms with Crippen LogP contribution in [0.25, 0.3) is 0 Å². The molecule has 2 fully saturated rings. The number of carbonyl (C=O) groups is 1. The quantitative estimate of drug-likeness (QED) is 0.822. The Balaban J connectivity index is 1.46. The Hall–Kier alpha value is -1.16.